The fourth-order valence-corrected chi connectivity index (χ4v) is 7.04. The third kappa shape index (κ3) is 5.76. The van der Waals surface area contributed by atoms with E-state index in [9.17, 15) is 4.79 Å². The van der Waals surface area contributed by atoms with E-state index >= 15 is 0 Å². The van der Waals surface area contributed by atoms with Gasteiger partial charge in [-0.3, -0.25) is 4.79 Å². The maximum Gasteiger partial charge on any atom is 0.291 e. The molecule has 1 aromatic rings. The van der Waals surface area contributed by atoms with Crippen LogP contribution in [0, 0.1) is 29.1 Å². The van der Waals surface area contributed by atoms with Crippen LogP contribution >= 0.6 is 24.2 Å². The molecule has 1 amide bonds. The van der Waals surface area contributed by atoms with E-state index in [-0.39, 0.29) is 29.8 Å². The maximum atomic E-state index is 13.3. The molecular weight excluding hydrogens is 446 g/mol. The van der Waals surface area contributed by atoms with Crippen LogP contribution in [0.15, 0.2) is 9.42 Å². The normalized spacial score (nSPS) is 28.6. The summed E-state index contributed by atoms with van der Waals surface area (Å²) in [5, 5.41) is 7.80. The van der Waals surface area contributed by atoms with Gasteiger partial charge in [-0.05, 0) is 85.7 Å². The number of nitrogens with one attached hydrogen (secondary N) is 1. The summed E-state index contributed by atoms with van der Waals surface area (Å²) in [7, 11) is 0. The second kappa shape index (κ2) is 10.6. The topological polar surface area (TPSA) is 90.4 Å². The first-order chi connectivity index (χ1) is 14.8. The third-order valence-electron chi connectivity index (χ3n) is 7.36. The lowest BCUT2D eigenvalue weighted by Crippen LogP contribution is -2.55. The molecule has 5 rings (SSSR count). The molecule has 0 atom stereocenters. The van der Waals surface area contributed by atoms with Crippen LogP contribution in [-0.4, -0.2) is 35.5 Å². The van der Waals surface area contributed by atoms with Gasteiger partial charge in [0.2, 0.25) is 5.76 Å². The lowest BCUT2D eigenvalue weighted by atomic mass is 9.54. The predicted octanol–water partition coefficient (Wildman–Crippen LogP) is 5.30. The molecule has 182 valence electrons. The highest BCUT2D eigenvalue weighted by Gasteiger charge is 2.49. The van der Waals surface area contributed by atoms with Gasteiger partial charge in [-0.1, -0.05) is 27.7 Å². The van der Waals surface area contributed by atoms with E-state index in [0.29, 0.717) is 41.9 Å². The van der Waals surface area contributed by atoms with Crippen molar-refractivity contribution in [1.29, 1.82) is 0 Å². The van der Waals surface area contributed by atoms with Crippen molar-refractivity contribution < 1.29 is 14.1 Å². The average molecular weight is 486 g/mol. The molecule has 4 bridgehead atoms. The summed E-state index contributed by atoms with van der Waals surface area (Å²) < 4.78 is 11.6. The molecule has 4 fully saturated rings. The highest BCUT2D eigenvalue weighted by Crippen LogP contribution is 2.53. The van der Waals surface area contributed by atoms with Gasteiger partial charge in [0.1, 0.15) is 4.90 Å². The van der Waals surface area contributed by atoms with Gasteiger partial charge in [0, 0.05) is 11.3 Å². The molecule has 1 aromatic heterocycles. The molecule has 32 heavy (non-hydrogen) atoms. The quantitative estimate of drug-likeness (QED) is 0.437. The van der Waals surface area contributed by atoms with Crippen molar-refractivity contribution in [3.8, 4) is 5.88 Å². The van der Waals surface area contributed by atoms with E-state index in [1.54, 1.807) is 11.8 Å². The molecule has 0 radical (unpaired) electrons. The molecule has 1 heterocycles. The standard InChI is InChI=1S/C24H39N3O3S.ClH/c1-14(2)31-21-20(30-27-23(21)29-13-24(3,4)6-5-7-25)22(28)26-19-17-9-15-8-16(11-17)12-18(19)10-15;/h14-19H,5-13,25H2,1-4H3,(H,26,28);1H. The first-order valence-electron chi connectivity index (χ1n) is 12.1. The van der Waals surface area contributed by atoms with Crippen LogP contribution in [-0.2, 0) is 0 Å². The molecule has 0 aromatic carbocycles. The Balaban J connectivity index is 0.00000289. The number of hydrogen-bond donors (Lipinski definition) is 2. The number of nitrogens with zero attached hydrogens (tertiary/aromatic N) is 1. The van der Waals surface area contributed by atoms with E-state index < -0.39 is 0 Å². The van der Waals surface area contributed by atoms with Gasteiger partial charge < -0.3 is 20.3 Å². The van der Waals surface area contributed by atoms with E-state index in [0.717, 1.165) is 29.6 Å². The first kappa shape index (κ1) is 25.7. The number of rotatable bonds is 10. The molecule has 6 nitrogen and oxygen atoms in total. The predicted molar refractivity (Wildman–Crippen MR) is 131 cm³/mol. The Labute approximate surface area is 202 Å². The van der Waals surface area contributed by atoms with Gasteiger partial charge in [-0.2, -0.15) is 0 Å². The van der Waals surface area contributed by atoms with Crippen molar-refractivity contribution in [1.82, 2.24) is 10.5 Å². The highest BCUT2D eigenvalue weighted by molar-refractivity contribution is 8.00. The van der Waals surface area contributed by atoms with Gasteiger partial charge in [0.25, 0.3) is 11.8 Å². The Morgan fingerprint density at radius 2 is 1.84 bits per heavy atom. The van der Waals surface area contributed by atoms with Crippen molar-refractivity contribution in [2.75, 3.05) is 13.2 Å². The summed E-state index contributed by atoms with van der Waals surface area (Å²) in [5.74, 6) is 3.64. The minimum absolute atomic E-state index is 0. The van der Waals surface area contributed by atoms with Crippen molar-refractivity contribution in [3.05, 3.63) is 5.76 Å². The molecule has 0 spiro atoms. The summed E-state index contributed by atoms with van der Waals surface area (Å²) >= 11 is 1.58. The first-order valence-corrected chi connectivity index (χ1v) is 12.9. The number of ether oxygens (including phenoxy) is 1. The molecule has 3 N–H and O–H groups in total. The second-order valence-corrected chi connectivity index (χ2v) is 12.7. The smallest absolute Gasteiger partial charge is 0.291 e. The lowest BCUT2D eigenvalue weighted by Gasteiger charge is -2.54. The number of aromatic nitrogens is 1. The van der Waals surface area contributed by atoms with E-state index in [2.05, 4.69) is 38.2 Å². The van der Waals surface area contributed by atoms with Gasteiger partial charge in [0.05, 0.1) is 6.61 Å². The summed E-state index contributed by atoms with van der Waals surface area (Å²) in [6.07, 6.45) is 8.44. The van der Waals surface area contributed by atoms with Crippen LogP contribution in [0.1, 0.15) is 83.2 Å². The van der Waals surface area contributed by atoms with Gasteiger partial charge in [-0.25, -0.2) is 0 Å². The van der Waals surface area contributed by atoms with Crippen molar-refractivity contribution in [2.24, 2.45) is 34.8 Å². The molecule has 4 saturated carbocycles. The largest absolute Gasteiger partial charge is 0.474 e. The lowest BCUT2D eigenvalue weighted by molar-refractivity contribution is -0.0124. The number of amides is 1. The molecule has 8 heteroatoms. The van der Waals surface area contributed by atoms with Gasteiger partial charge in [-0.15, -0.1) is 24.2 Å². The zero-order chi connectivity index (χ0) is 22.2. The molecular formula is C24H40ClN3O3S. The van der Waals surface area contributed by atoms with Crippen LogP contribution < -0.4 is 15.8 Å². The number of hydrogen-bond acceptors (Lipinski definition) is 6. The number of halogens is 1. The second-order valence-electron chi connectivity index (χ2n) is 11.1. The van der Waals surface area contributed by atoms with Crippen LogP contribution in [0.5, 0.6) is 5.88 Å². The van der Waals surface area contributed by atoms with Crippen molar-refractivity contribution >= 4 is 30.1 Å². The van der Waals surface area contributed by atoms with E-state index in [1.165, 1.54) is 32.1 Å². The molecule has 0 saturated heterocycles. The number of thioether (sulfide) groups is 1. The molecule has 0 aliphatic heterocycles. The zero-order valence-electron chi connectivity index (χ0n) is 19.9. The summed E-state index contributed by atoms with van der Waals surface area (Å²) in [4.78, 5) is 14.0. The Kier molecular flexibility index (Phi) is 8.48. The monoisotopic (exact) mass is 485 g/mol. The van der Waals surface area contributed by atoms with Crippen LogP contribution in [0.25, 0.3) is 0 Å². The summed E-state index contributed by atoms with van der Waals surface area (Å²) in [5.41, 5.74) is 5.65. The Bertz CT molecular complexity index is 755. The SMILES string of the molecule is CC(C)Sc1c(OCC(C)(C)CCCN)noc1C(=O)NC1C2CC3CC(C2)CC1C3.Cl. The summed E-state index contributed by atoms with van der Waals surface area (Å²) in [6, 6.07) is 0.280. The maximum absolute atomic E-state index is 13.3. The molecule has 0 unspecified atom stereocenters. The molecule has 4 aliphatic carbocycles. The van der Waals surface area contributed by atoms with Crippen molar-refractivity contribution in [3.63, 3.8) is 0 Å². The van der Waals surface area contributed by atoms with E-state index in [1.807, 2.05) is 0 Å². The van der Waals surface area contributed by atoms with Crippen molar-refractivity contribution in [2.45, 2.75) is 88.8 Å². The van der Waals surface area contributed by atoms with E-state index in [4.69, 9.17) is 15.0 Å². The Morgan fingerprint density at radius 1 is 1.22 bits per heavy atom. The minimum Gasteiger partial charge on any atom is -0.474 e. The number of carbonyl (C=O) groups is 1. The van der Waals surface area contributed by atoms with Gasteiger partial charge >= 0.3 is 0 Å². The fraction of sp³-hybridized carbons (Fsp3) is 0.833. The Hall–Kier alpha value is -0.920. The fourth-order valence-electron chi connectivity index (χ4n) is 6.14. The van der Waals surface area contributed by atoms with Crippen LogP contribution in [0.2, 0.25) is 0 Å². The molecule has 4 aliphatic rings. The number of nitrogens with two attached hydrogens (primary N) is 1. The number of carbonyl (C=O) groups excluding carboxylic acids is 1. The zero-order valence-corrected chi connectivity index (χ0v) is 21.5. The highest BCUT2D eigenvalue weighted by atomic mass is 35.5. The van der Waals surface area contributed by atoms with Crippen LogP contribution in [0.3, 0.4) is 0 Å². The third-order valence-corrected chi connectivity index (χ3v) is 8.43. The average Bonchev–Trinajstić information content (AvgIpc) is 3.09. The minimum atomic E-state index is -0.134. The summed E-state index contributed by atoms with van der Waals surface area (Å²) in [6.45, 7) is 9.73. The Morgan fingerprint density at radius 3 is 2.41 bits per heavy atom. The van der Waals surface area contributed by atoms with Crippen LogP contribution in [0.4, 0.5) is 0 Å². The van der Waals surface area contributed by atoms with Gasteiger partial charge in [0.15, 0.2) is 0 Å².